The molecule has 1 saturated heterocycles. The maximum Gasteiger partial charge on any atom is 0.416 e. The summed E-state index contributed by atoms with van der Waals surface area (Å²) in [5.74, 6) is 0. The van der Waals surface area contributed by atoms with Gasteiger partial charge in [0.25, 0.3) is 0 Å². The lowest BCUT2D eigenvalue weighted by Crippen LogP contribution is -2.39. The van der Waals surface area contributed by atoms with Crippen molar-refractivity contribution < 1.29 is 17.9 Å². The van der Waals surface area contributed by atoms with E-state index in [1.165, 1.54) is 12.1 Å². The Kier molecular flexibility index (Phi) is 4.70. The van der Waals surface area contributed by atoms with E-state index in [1.807, 2.05) is 13.8 Å². The Morgan fingerprint density at radius 3 is 2.75 bits per heavy atom. The highest BCUT2D eigenvalue weighted by Crippen LogP contribution is 2.31. The fraction of sp³-hybridized carbons (Fsp3) is 0.600. The van der Waals surface area contributed by atoms with Gasteiger partial charge < -0.3 is 10.1 Å². The summed E-state index contributed by atoms with van der Waals surface area (Å²) < 4.78 is 43.6. The van der Waals surface area contributed by atoms with E-state index < -0.39 is 11.7 Å². The van der Waals surface area contributed by atoms with Gasteiger partial charge in [-0.1, -0.05) is 12.1 Å². The average molecular weight is 287 g/mol. The van der Waals surface area contributed by atoms with E-state index in [0.29, 0.717) is 18.2 Å². The molecule has 1 N–H and O–H groups in total. The third kappa shape index (κ3) is 3.96. The monoisotopic (exact) mass is 287 g/mol. The fourth-order valence-corrected chi connectivity index (χ4v) is 2.58. The molecule has 1 aromatic carbocycles. The van der Waals surface area contributed by atoms with E-state index >= 15 is 0 Å². The van der Waals surface area contributed by atoms with E-state index in [1.54, 1.807) is 6.07 Å². The van der Waals surface area contributed by atoms with Crippen LogP contribution in [0.4, 0.5) is 13.2 Å². The summed E-state index contributed by atoms with van der Waals surface area (Å²) in [6, 6.07) is 5.71. The lowest BCUT2D eigenvalue weighted by Gasteiger charge is -2.30. The topological polar surface area (TPSA) is 21.3 Å². The van der Waals surface area contributed by atoms with Gasteiger partial charge in [-0.3, -0.25) is 0 Å². The number of ether oxygens (including phenoxy) is 1. The number of benzene rings is 1. The van der Waals surface area contributed by atoms with Gasteiger partial charge in [0.2, 0.25) is 0 Å². The summed E-state index contributed by atoms with van der Waals surface area (Å²) in [5.41, 5.74) is 0.0722. The van der Waals surface area contributed by atoms with Crippen LogP contribution in [0.2, 0.25) is 0 Å². The summed E-state index contributed by atoms with van der Waals surface area (Å²) >= 11 is 0. The second-order valence-corrected chi connectivity index (χ2v) is 5.41. The molecule has 0 amide bonds. The first-order valence-electron chi connectivity index (χ1n) is 6.91. The van der Waals surface area contributed by atoms with Crippen LogP contribution in [0.25, 0.3) is 0 Å². The zero-order chi connectivity index (χ0) is 14.8. The Hall–Kier alpha value is -1.07. The van der Waals surface area contributed by atoms with Gasteiger partial charge >= 0.3 is 6.18 Å². The summed E-state index contributed by atoms with van der Waals surface area (Å²) in [7, 11) is 0. The van der Waals surface area contributed by atoms with E-state index in [9.17, 15) is 13.2 Å². The Labute approximate surface area is 117 Å². The lowest BCUT2D eigenvalue weighted by atomic mass is 10.00. The van der Waals surface area contributed by atoms with Crippen molar-refractivity contribution in [3.8, 4) is 0 Å². The van der Waals surface area contributed by atoms with E-state index in [-0.39, 0.29) is 12.1 Å². The standard InChI is InChI=1S/C15H20F3NO/c1-10-8-14(6-7-20-10)19-11(2)12-4-3-5-13(9-12)15(16,17)18/h3-5,9-11,14,19H,6-8H2,1-2H3. The average Bonchev–Trinajstić information content (AvgIpc) is 2.38. The van der Waals surface area contributed by atoms with Crippen molar-refractivity contribution in [2.45, 2.75) is 51.1 Å². The van der Waals surface area contributed by atoms with Crippen LogP contribution >= 0.6 is 0 Å². The molecule has 5 heteroatoms. The van der Waals surface area contributed by atoms with Crippen molar-refractivity contribution in [1.82, 2.24) is 5.32 Å². The fourth-order valence-electron chi connectivity index (χ4n) is 2.58. The van der Waals surface area contributed by atoms with Crippen molar-refractivity contribution in [1.29, 1.82) is 0 Å². The van der Waals surface area contributed by atoms with Crippen LogP contribution in [0.15, 0.2) is 24.3 Å². The van der Waals surface area contributed by atoms with Crippen LogP contribution in [0.5, 0.6) is 0 Å². The number of alkyl halides is 3. The Balaban J connectivity index is 2.03. The molecule has 0 saturated carbocycles. The first-order chi connectivity index (χ1) is 9.36. The van der Waals surface area contributed by atoms with Crippen molar-refractivity contribution in [3.63, 3.8) is 0 Å². The Bertz CT molecular complexity index is 447. The van der Waals surface area contributed by atoms with E-state index in [0.717, 1.165) is 18.9 Å². The van der Waals surface area contributed by atoms with Gasteiger partial charge in [0.1, 0.15) is 0 Å². The van der Waals surface area contributed by atoms with Gasteiger partial charge in [-0.15, -0.1) is 0 Å². The molecule has 112 valence electrons. The third-order valence-corrected chi connectivity index (χ3v) is 3.68. The molecule has 1 aromatic rings. The molecule has 0 aliphatic carbocycles. The quantitative estimate of drug-likeness (QED) is 0.909. The molecule has 1 heterocycles. The Morgan fingerprint density at radius 1 is 1.35 bits per heavy atom. The van der Waals surface area contributed by atoms with E-state index in [2.05, 4.69) is 5.32 Å². The first kappa shape index (κ1) is 15.3. The van der Waals surface area contributed by atoms with Crippen molar-refractivity contribution in [2.24, 2.45) is 0 Å². The van der Waals surface area contributed by atoms with Crippen LogP contribution < -0.4 is 5.32 Å². The van der Waals surface area contributed by atoms with Crippen LogP contribution in [-0.2, 0) is 10.9 Å². The molecule has 0 spiro atoms. The summed E-state index contributed by atoms with van der Waals surface area (Å²) in [5, 5.41) is 3.40. The minimum atomic E-state index is -4.29. The van der Waals surface area contributed by atoms with E-state index in [4.69, 9.17) is 4.74 Å². The molecule has 20 heavy (non-hydrogen) atoms. The zero-order valence-electron chi connectivity index (χ0n) is 11.7. The molecule has 2 nitrogen and oxygen atoms in total. The number of hydrogen-bond acceptors (Lipinski definition) is 2. The van der Waals surface area contributed by atoms with Gasteiger partial charge in [0.05, 0.1) is 11.7 Å². The molecule has 0 radical (unpaired) electrons. The lowest BCUT2D eigenvalue weighted by molar-refractivity contribution is -0.137. The molecule has 1 fully saturated rings. The highest BCUT2D eigenvalue weighted by molar-refractivity contribution is 5.27. The minimum absolute atomic E-state index is 0.104. The normalized spacial score (nSPS) is 25.4. The van der Waals surface area contributed by atoms with Crippen LogP contribution in [0, 0.1) is 0 Å². The second-order valence-electron chi connectivity index (χ2n) is 5.41. The maximum absolute atomic E-state index is 12.7. The molecule has 0 aromatic heterocycles. The zero-order valence-corrected chi connectivity index (χ0v) is 11.7. The maximum atomic E-state index is 12.7. The van der Waals surface area contributed by atoms with Crippen LogP contribution in [-0.4, -0.2) is 18.8 Å². The molecule has 0 bridgehead atoms. The van der Waals surface area contributed by atoms with Gasteiger partial charge in [-0.2, -0.15) is 13.2 Å². The largest absolute Gasteiger partial charge is 0.416 e. The van der Waals surface area contributed by atoms with Gasteiger partial charge in [-0.25, -0.2) is 0 Å². The molecular weight excluding hydrogens is 267 g/mol. The molecule has 3 atom stereocenters. The van der Waals surface area contributed by atoms with Gasteiger partial charge in [-0.05, 0) is 44.4 Å². The molecule has 1 aliphatic heterocycles. The minimum Gasteiger partial charge on any atom is -0.378 e. The highest BCUT2D eigenvalue weighted by Gasteiger charge is 2.31. The SMILES string of the molecule is CC1CC(NC(C)c2cccc(C(F)(F)F)c2)CCO1. The van der Waals surface area contributed by atoms with Gasteiger partial charge in [0, 0.05) is 18.7 Å². The first-order valence-corrected chi connectivity index (χ1v) is 6.91. The molecule has 3 unspecified atom stereocenters. The van der Waals surface area contributed by atoms with Crippen molar-refractivity contribution >= 4 is 0 Å². The molecular formula is C15H20F3NO. The number of nitrogens with one attached hydrogen (secondary N) is 1. The second kappa shape index (κ2) is 6.14. The number of halogens is 3. The summed E-state index contributed by atoms with van der Waals surface area (Å²) in [6.07, 6.45) is -2.30. The van der Waals surface area contributed by atoms with Gasteiger partial charge in [0.15, 0.2) is 0 Å². The summed E-state index contributed by atoms with van der Waals surface area (Å²) in [6.45, 7) is 4.62. The van der Waals surface area contributed by atoms with Crippen LogP contribution in [0.3, 0.4) is 0 Å². The smallest absolute Gasteiger partial charge is 0.378 e. The molecule has 2 rings (SSSR count). The predicted molar refractivity (Wildman–Crippen MR) is 71.4 cm³/mol. The highest BCUT2D eigenvalue weighted by atomic mass is 19.4. The third-order valence-electron chi connectivity index (χ3n) is 3.68. The van der Waals surface area contributed by atoms with Crippen molar-refractivity contribution in [2.75, 3.05) is 6.61 Å². The Morgan fingerprint density at radius 2 is 2.10 bits per heavy atom. The molecule has 1 aliphatic rings. The summed E-state index contributed by atoms with van der Waals surface area (Å²) in [4.78, 5) is 0. The predicted octanol–water partition coefficient (Wildman–Crippen LogP) is 3.92. The van der Waals surface area contributed by atoms with Crippen molar-refractivity contribution in [3.05, 3.63) is 35.4 Å². The number of rotatable bonds is 3. The number of hydrogen-bond donors (Lipinski definition) is 1. The van der Waals surface area contributed by atoms with Crippen LogP contribution in [0.1, 0.15) is 43.9 Å².